The summed E-state index contributed by atoms with van der Waals surface area (Å²) in [6, 6.07) is 9.90. The van der Waals surface area contributed by atoms with Gasteiger partial charge in [-0.2, -0.15) is 9.35 Å². The fourth-order valence-corrected chi connectivity index (χ4v) is 5.68. The van der Waals surface area contributed by atoms with Crippen molar-refractivity contribution in [3.63, 3.8) is 0 Å². The standard InChI is InChI=1S/C29H34N8O2S/c1-7-14-36-28(38)24-18-30-29(33-27(24)37(36)26-11-9-10-25(32-26)34-40(5,6)39)31-21-15-19(8-2)23-17-22(35(3)4)13-12-20(23)16-21/h7-11,15-16,18,22H,1-2,12-14,17H2,3-6H3,(H,30,31,33). The van der Waals surface area contributed by atoms with Crippen molar-refractivity contribution in [1.29, 1.82) is 0 Å². The minimum absolute atomic E-state index is 0.237. The molecule has 3 aromatic heterocycles. The summed E-state index contributed by atoms with van der Waals surface area (Å²) in [6.45, 7) is 8.08. The van der Waals surface area contributed by atoms with Crippen molar-refractivity contribution in [3.05, 3.63) is 82.8 Å². The maximum absolute atomic E-state index is 13.3. The molecule has 1 atom stereocenters. The average molecular weight is 559 g/mol. The van der Waals surface area contributed by atoms with E-state index in [1.54, 1.807) is 41.5 Å². The summed E-state index contributed by atoms with van der Waals surface area (Å²) in [5, 5.41) is 3.68. The van der Waals surface area contributed by atoms with E-state index in [-0.39, 0.29) is 12.1 Å². The van der Waals surface area contributed by atoms with Crippen LogP contribution in [0, 0.1) is 0 Å². The van der Waals surface area contributed by atoms with Crippen LogP contribution in [-0.2, 0) is 29.1 Å². The molecule has 1 aliphatic rings. The van der Waals surface area contributed by atoms with Gasteiger partial charge >= 0.3 is 0 Å². The van der Waals surface area contributed by atoms with Crippen molar-refractivity contribution in [2.45, 2.75) is 31.8 Å². The van der Waals surface area contributed by atoms with Gasteiger partial charge in [0.25, 0.3) is 5.56 Å². The molecule has 3 heterocycles. The van der Waals surface area contributed by atoms with Crippen LogP contribution in [0.3, 0.4) is 0 Å². The first-order valence-electron chi connectivity index (χ1n) is 13.0. The van der Waals surface area contributed by atoms with Crippen molar-refractivity contribution in [2.75, 3.05) is 31.9 Å². The molecule has 11 heteroatoms. The summed E-state index contributed by atoms with van der Waals surface area (Å²) in [5.74, 6) is 1.07. The number of pyridine rings is 1. The van der Waals surface area contributed by atoms with Gasteiger partial charge in [-0.25, -0.2) is 23.5 Å². The van der Waals surface area contributed by atoms with E-state index in [1.165, 1.54) is 22.0 Å². The zero-order valence-corrected chi connectivity index (χ0v) is 24.1. The number of fused-ring (bicyclic) bond motifs is 2. The van der Waals surface area contributed by atoms with Crippen LogP contribution >= 0.6 is 0 Å². The van der Waals surface area contributed by atoms with Crippen LogP contribution in [0.25, 0.3) is 22.9 Å². The highest BCUT2D eigenvalue weighted by atomic mass is 32.2. The van der Waals surface area contributed by atoms with Crippen LogP contribution in [-0.4, -0.2) is 66.1 Å². The molecule has 4 aromatic rings. The summed E-state index contributed by atoms with van der Waals surface area (Å²) < 4.78 is 19.6. The predicted molar refractivity (Wildman–Crippen MR) is 163 cm³/mol. The Morgan fingerprint density at radius 2 is 2.02 bits per heavy atom. The van der Waals surface area contributed by atoms with E-state index < -0.39 is 9.73 Å². The van der Waals surface area contributed by atoms with Crippen LogP contribution in [0.5, 0.6) is 0 Å². The minimum Gasteiger partial charge on any atom is -0.324 e. The van der Waals surface area contributed by atoms with Gasteiger partial charge in [0.15, 0.2) is 17.3 Å². The summed E-state index contributed by atoms with van der Waals surface area (Å²) in [5.41, 5.74) is 4.69. The highest BCUT2D eigenvalue weighted by molar-refractivity contribution is 7.92. The quantitative estimate of drug-likeness (QED) is 0.321. The molecule has 1 aliphatic carbocycles. The first-order chi connectivity index (χ1) is 19.1. The fraction of sp³-hybridized carbons (Fsp3) is 0.310. The van der Waals surface area contributed by atoms with Crippen LogP contribution in [0.1, 0.15) is 23.1 Å². The molecular weight excluding hydrogens is 524 g/mol. The Morgan fingerprint density at radius 1 is 1.23 bits per heavy atom. The molecule has 40 heavy (non-hydrogen) atoms. The Kier molecular flexibility index (Phi) is 7.43. The van der Waals surface area contributed by atoms with E-state index in [9.17, 15) is 9.00 Å². The number of hydrogen-bond acceptors (Lipinski definition) is 8. The second-order valence-electron chi connectivity index (χ2n) is 10.4. The lowest BCUT2D eigenvalue weighted by molar-refractivity contribution is 0.268. The number of likely N-dealkylation sites (N-methyl/N-ethyl adjacent to an activating group) is 1. The molecule has 0 bridgehead atoms. The van der Waals surface area contributed by atoms with Crippen molar-refractivity contribution in [3.8, 4) is 5.82 Å². The van der Waals surface area contributed by atoms with E-state index in [2.05, 4.69) is 63.9 Å². The number of rotatable bonds is 8. The molecule has 0 saturated heterocycles. The highest BCUT2D eigenvalue weighted by Crippen LogP contribution is 2.31. The van der Waals surface area contributed by atoms with Gasteiger partial charge in [0.1, 0.15) is 5.39 Å². The molecule has 0 fully saturated rings. The summed E-state index contributed by atoms with van der Waals surface area (Å²) in [6.07, 6.45) is 11.2. The Labute approximate surface area is 234 Å². The second-order valence-corrected chi connectivity index (χ2v) is 13.0. The van der Waals surface area contributed by atoms with Gasteiger partial charge in [-0.05, 0) is 74.3 Å². The molecule has 0 spiro atoms. The topological polar surface area (TPSA) is 110 Å². The van der Waals surface area contributed by atoms with Gasteiger partial charge in [0.05, 0.1) is 6.54 Å². The molecule has 208 valence electrons. The van der Waals surface area contributed by atoms with Crippen LogP contribution in [0.2, 0.25) is 0 Å². The molecule has 0 amide bonds. The van der Waals surface area contributed by atoms with Crippen molar-refractivity contribution in [2.24, 2.45) is 4.36 Å². The summed E-state index contributed by atoms with van der Waals surface area (Å²) in [4.78, 5) is 29.3. The lowest BCUT2D eigenvalue weighted by Gasteiger charge is -2.31. The SMILES string of the molecule is C=CCn1c(=O)c2cnc(Nc3cc(C=C)c4c(c3)CCC(N(C)C)C4)nc2n1-c1cccc(N=S(C)(C)=O)n1. The number of anilines is 2. The second kappa shape index (κ2) is 10.8. The minimum atomic E-state index is -2.42. The lowest BCUT2D eigenvalue weighted by Crippen LogP contribution is -2.33. The molecule has 0 aliphatic heterocycles. The number of nitrogens with one attached hydrogen (secondary N) is 1. The van der Waals surface area contributed by atoms with Crippen molar-refractivity contribution < 1.29 is 4.21 Å². The van der Waals surface area contributed by atoms with E-state index >= 15 is 0 Å². The first-order valence-corrected chi connectivity index (χ1v) is 15.4. The zero-order chi connectivity index (χ0) is 28.6. The molecule has 1 unspecified atom stereocenters. The smallest absolute Gasteiger partial charge is 0.278 e. The van der Waals surface area contributed by atoms with Gasteiger partial charge < -0.3 is 10.2 Å². The third-order valence-corrected chi connectivity index (χ3v) is 7.62. The molecule has 0 radical (unpaired) electrons. The van der Waals surface area contributed by atoms with Gasteiger partial charge in [-0.1, -0.05) is 24.8 Å². The Hall–Kier alpha value is -4.09. The third kappa shape index (κ3) is 5.47. The van der Waals surface area contributed by atoms with E-state index in [0.29, 0.717) is 34.7 Å². The molecule has 1 N–H and O–H groups in total. The van der Waals surface area contributed by atoms with Crippen LogP contribution in [0.4, 0.5) is 17.5 Å². The van der Waals surface area contributed by atoms with Crippen molar-refractivity contribution in [1.82, 2.24) is 29.2 Å². The highest BCUT2D eigenvalue weighted by Gasteiger charge is 2.23. The van der Waals surface area contributed by atoms with Gasteiger partial charge in [0.2, 0.25) is 5.95 Å². The third-order valence-electron chi connectivity index (χ3n) is 7.00. The largest absolute Gasteiger partial charge is 0.324 e. The van der Waals surface area contributed by atoms with Gasteiger partial charge in [-0.3, -0.25) is 4.79 Å². The van der Waals surface area contributed by atoms with E-state index in [0.717, 1.165) is 30.5 Å². The molecule has 5 rings (SSSR count). The number of aromatic nitrogens is 5. The van der Waals surface area contributed by atoms with Gasteiger partial charge in [-0.15, -0.1) is 6.58 Å². The zero-order valence-electron chi connectivity index (χ0n) is 23.3. The van der Waals surface area contributed by atoms with Crippen molar-refractivity contribution >= 4 is 44.3 Å². The average Bonchev–Trinajstić information content (AvgIpc) is 3.17. The first kappa shape index (κ1) is 27.5. The number of aryl methyl sites for hydroxylation is 1. The van der Waals surface area contributed by atoms with E-state index in [1.807, 2.05) is 6.08 Å². The van der Waals surface area contributed by atoms with Crippen LogP contribution in [0.15, 0.2) is 64.9 Å². The fourth-order valence-electron chi connectivity index (χ4n) is 5.13. The summed E-state index contributed by atoms with van der Waals surface area (Å²) >= 11 is 0. The maximum Gasteiger partial charge on any atom is 0.278 e. The number of hydrogen-bond donors (Lipinski definition) is 1. The molecule has 10 nitrogen and oxygen atoms in total. The normalized spacial score (nSPS) is 15.2. The Morgan fingerprint density at radius 3 is 2.73 bits per heavy atom. The number of benzene rings is 1. The van der Waals surface area contributed by atoms with Gasteiger partial charge in [0, 0.05) is 40.2 Å². The maximum atomic E-state index is 13.3. The lowest BCUT2D eigenvalue weighted by atomic mass is 9.84. The summed E-state index contributed by atoms with van der Waals surface area (Å²) in [7, 11) is 1.83. The molecular formula is C29H34N8O2S. The predicted octanol–water partition coefficient (Wildman–Crippen LogP) is 4.33. The Bertz CT molecular complexity index is 1800. The monoisotopic (exact) mass is 558 g/mol. The number of allylic oxidation sites excluding steroid dienone is 1. The van der Waals surface area contributed by atoms with Crippen LogP contribution < -0.4 is 10.9 Å². The molecule has 0 saturated carbocycles. The number of nitrogens with zero attached hydrogens (tertiary/aromatic N) is 7. The Balaban J connectivity index is 1.59. The molecule has 1 aromatic carbocycles. The van der Waals surface area contributed by atoms with E-state index in [4.69, 9.17) is 4.98 Å².